The molecule has 3 amide bonds. The normalized spacial score (nSPS) is 13.3. The molecule has 1 fully saturated rings. The number of anilines is 1. The van der Waals surface area contributed by atoms with E-state index in [1.54, 1.807) is 23.1 Å². The van der Waals surface area contributed by atoms with Crippen molar-refractivity contribution in [3.63, 3.8) is 0 Å². The first kappa shape index (κ1) is 23.5. The van der Waals surface area contributed by atoms with Gasteiger partial charge in [0.05, 0.1) is 4.92 Å². The van der Waals surface area contributed by atoms with E-state index < -0.39 is 16.7 Å². The number of nitrogens with zero attached hydrogens (tertiary/aromatic N) is 3. The zero-order chi connectivity index (χ0) is 24.0. The molecule has 11 nitrogen and oxygen atoms in total. The third kappa shape index (κ3) is 6.19. The number of aryl methyl sites for hydroxylation is 1. The lowest BCUT2D eigenvalue weighted by atomic mass is 10.1. The number of hydrogen-bond donors (Lipinski definition) is 2. The summed E-state index contributed by atoms with van der Waals surface area (Å²) in [6.45, 7) is 4.89. The van der Waals surface area contributed by atoms with Crippen LogP contribution in [0.2, 0.25) is 0 Å². The number of carbonyl (C=O) groups is 3. The molecule has 0 bridgehead atoms. The zero-order valence-electron chi connectivity index (χ0n) is 18.4. The van der Waals surface area contributed by atoms with Crippen LogP contribution in [0.25, 0.3) is 0 Å². The average Bonchev–Trinajstić information content (AvgIpc) is 2.81. The van der Waals surface area contributed by atoms with E-state index in [0.29, 0.717) is 37.6 Å². The van der Waals surface area contributed by atoms with Gasteiger partial charge in [0.25, 0.3) is 17.5 Å². The average molecular weight is 455 g/mol. The molecule has 0 unspecified atom stereocenters. The van der Waals surface area contributed by atoms with Gasteiger partial charge in [0.2, 0.25) is 5.91 Å². The van der Waals surface area contributed by atoms with Crippen molar-refractivity contribution in [2.24, 2.45) is 0 Å². The molecular formula is C22H25N5O6. The second-order valence-electron chi connectivity index (χ2n) is 7.56. The van der Waals surface area contributed by atoms with Crippen molar-refractivity contribution in [3.8, 4) is 5.75 Å². The van der Waals surface area contributed by atoms with Crippen molar-refractivity contribution in [1.29, 1.82) is 0 Å². The van der Waals surface area contributed by atoms with E-state index in [1.807, 2.05) is 17.9 Å². The Morgan fingerprint density at radius 3 is 2.42 bits per heavy atom. The smallest absolute Gasteiger partial charge is 0.293 e. The molecule has 174 valence electrons. The molecule has 0 atom stereocenters. The quantitative estimate of drug-likeness (QED) is 0.497. The Balaban J connectivity index is 1.59. The lowest BCUT2D eigenvalue weighted by Gasteiger charge is -2.35. The number of nitro benzene ring substituents is 1. The first-order valence-corrected chi connectivity index (χ1v) is 10.3. The number of ether oxygens (including phenoxy) is 1. The van der Waals surface area contributed by atoms with Crippen molar-refractivity contribution in [3.05, 3.63) is 63.7 Å². The highest BCUT2D eigenvalue weighted by Gasteiger charge is 2.26. The lowest BCUT2D eigenvalue weighted by Crippen LogP contribution is -2.48. The highest BCUT2D eigenvalue weighted by molar-refractivity contribution is 5.97. The number of hydrazine groups is 1. The Labute approximate surface area is 190 Å². The van der Waals surface area contributed by atoms with Crippen LogP contribution in [-0.2, 0) is 9.59 Å². The lowest BCUT2D eigenvalue weighted by molar-refractivity contribution is -0.384. The molecular weight excluding hydrogens is 430 g/mol. The molecule has 0 radical (unpaired) electrons. The Kier molecular flexibility index (Phi) is 7.44. The fourth-order valence-corrected chi connectivity index (χ4v) is 3.43. The number of rotatable bonds is 6. The van der Waals surface area contributed by atoms with Crippen molar-refractivity contribution in [1.82, 2.24) is 15.8 Å². The molecule has 0 aromatic heterocycles. The van der Waals surface area contributed by atoms with Gasteiger partial charge in [-0.15, -0.1) is 0 Å². The fraction of sp³-hybridized carbons (Fsp3) is 0.318. The molecule has 0 spiro atoms. The van der Waals surface area contributed by atoms with Crippen LogP contribution in [0.1, 0.15) is 22.8 Å². The SMILES string of the molecule is CC(=O)N1CCN(c2ccc(C(=O)NNC(=O)COc3cccc(C)c3)cc2[N+](=O)[O-])CC1. The number of amides is 3. The number of carbonyl (C=O) groups excluding carboxylic acids is 3. The molecule has 11 heteroatoms. The van der Waals surface area contributed by atoms with Gasteiger partial charge in [-0.25, -0.2) is 0 Å². The second kappa shape index (κ2) is 10.4. The highest BCUT2D eigenvalue weighted by atomic mass is 16.6. The number of nitrogens with one attached hydrogen (secondary N) is 2. The topological polar surface area (TPSA) is 134 Å². The van der Waals surface area contributed by atoms with Crippen LogP contribution < -0.4 is 20.5 Å². The van der Waals surface area contributed by atoms with Crippen LogP contribution >= 0.6 is 0 Å². The predicted octanol–water partition coefficient (Wildman–Crippen LogP) is 1.41. The fourth-order valence-electron chi connectivity index (χ4n) is 3.43. The first-order valence-electron chi connectivity index (χ1n) is 10.3. The maximum absolute atomic E-state index is 12.4. The minimum absolute atomic E-state index is 0.0210. The van der Waals surface area contributed by atoms with Gasteiger partial charge in [-0.2, -0.15) is 0 Å². The molecule has 1 aliphatic rings. The largest absolute Gasteiger partial charge is 0.484 e. The number of hydrogen-bond acceptors (Lipinski definition) is 7. The molecule has 3 rings (SSSR count). The number of piperazine rings is 1. The summed E-state index contributed by atoms with van der Waals surface area (Å²) in [4.78, 5) is 50.4. The van der Waals surface area contributed by atoms with Crippen LogP contribution in [0.15, 0.2) is 42.5 Å². The Bertz CT molecular complexity index is 1060. The molecule has 1 heterocycles. The summed E-state index contributed by atoms with van der Waals surface area (Å²) in [7, 11) is 0. The monoisotopic (exact) mass is 455 g/mol. The van der Waals surface area contributed by atoms with Gasteiger partial charge in [0.1, 0.15) is 11.4 Å². The molecule has 1 aliphatic heterocycles. The molecule has 33 heavy (non-hydrogen) atoms. The van der Waals surface area contributed by atoms with Crippen molar-refractivity contribution >= 4 is 29.1 Å². The van der Waals surface area contributed by atoms with Gasteiger partial charge in [0.15, 0.2) is 6.61 Å². The van der Waals surface area contributed by atoms with Gasteiger partial charge in [-0.05, 0) is 36.8 Å². The first-order chi connectivity index (χ1) is 15.7. The maximum atomic E-state index is 12.4. The van der Waals surface area contributed by atoms with E-state index in [2.05, 4.69) is 10.9 Å². The number of benzene rings is 2. The van der Waals surface area contributed by atoms with Crippen LogP contribution in [0.3, 0.4) is 0 Å². The van der Waals surface area contributed by atoms with Crippen molar-refractivity contribution < 1.29 is 24.0 Å². The van der Waals surface area contributed by atoms with Gasteiger partial charge in [-0.1, -0.05) is 12.1 Å². The summed E-state index contributed by atoms with van der Waals surface area (Å²) in [5, 5.41) is 11.6. The molecule has 2 aromatic rings. The highest BCUT2D eigenvalue weighted by Crippen LogP contribution is 2.30. The van der Waals surface area contributed by atoms with Gasteiger partial charge >= 0.3 is 0 Å². The maximum Gasteiger partial charge on any atom is 0.293 e. The third-order valence-corrected chi connectivity index (χ3v) is 5.17. The van der Waals surface area contributed by atoms with Crippen LogP contribution in [0.5, 0.6) is 5.75 Å². The number of nitro groups is 1. The van der Waals surface area contributed by atoms with Crippen LogP contribution in [-0.4, -0.2) is 60.3 Å². The van der Waals surface area contributed by atoms with Crippen LogP contribution in [0, 0.1) is 17.0 Å². The summed E-state index contributed by atoms with van der Waals surface area (Å²) in [6, 6.07) is 11.3. The molecule has 0 saturated carbocycles. The van der Waals surface area contributed by atoms with E-state index in [4.69, 9.17) is 4.74 Å². The van der Waals surface area contributed by atoms with E-state index in [1.165, 1.54) is 19.1 Å². The summed E-state index contributed by atoms with van der Waals surface area (Å²) in [5.74, 6) is -0.802. The molecule has 0 aliphatic carbocycles. The predicted molar refractivity (Wildman–Crippen MR) is 120 cm³/mol. The summed E-state index contributed by atoms with van der Waals surface area (Å²) in [5.41, 5.74) is 5.60. The van der Waals surface area contributed by atoms with E-state index in [9.17, 15) is 24.5 Å². The molecule has 1 saturated heterocycles. The minimum atomic E-state index is -0.699. The van der Waals surface area contributed by atoms with Gasteiger partial charge < -0.3 is 14.5 Å². The Morgan fingerprint density at radius 1 is 1.06 bits per heavy atom. The Morgan fingerprint density at radius 2 is 1.79 bits per heavy atom. The zero-order valence-corrected chi connectivity index (χ0v) is 18.4. The van der Waals surface area contributed by atoms with E-state index in [-0.39, 0.29) is 23.8 Å². The van der Waals surface area contributed by atoms with Gasteiger partial charge in [-0.3, -0.25) is 35.3 Å². The van der Waals surface area contributed by atoms with E-state index in [0.717, 1.165) is 11.6 Å². The summed E-state index contributed by atoms with van der Waals surface area (Å²) in [6.07, 6.45) is 0. The molecule has 2 aromatic carbocycles. The van der Waals surface area contributed by atoms with Gasteiger partial charge in [0, 0.05) is 44.7 Å². The third-order valence-electron chi connectivity index (χ3n) is 5.17. The summed E-state index contributed by atoms with van der Waals surface area (Å²) < 4.78 is 5.36. The summed E-state index contributed by atoms with van der Waals surface area (Å²) >= 11 is 0. The van der Waals surface area contributed by atoms with Crippen molar-refractivity contribution in [2.75, 3.05) is 37.7 Å². The minimum Gasteiger partial charge on any atom is -0.484 e. The second-order valence-corrected chi connectivity index (χ2v) is 7.56. The van der Waals surface area contributed by atoms with E-state index >= 15 is 0 Å². The standard InChI is InChI=1S/C22H25N5O6/c1-15-4-3-5-18(12-15)33-14-21(29)23-24-22(30)17-6-7-19(20(13-17)27(31)32)26-10-8-25(9-11-26)16(2)28/h3-7,12-13H,8-11,14H2,1-2H3,(H,23,29)(H,24,30). The van der Waals surface area contributed by atoms with Crippen LogP contribution in [0.4, 0.5) is 11.4 Å². The van der Waals surface area contributed by atoms with Crippen molar-refractivity contribution in [2.45, 2.75) is 13.8 Å². The Hall–Kier alpha value is -4.15. The molecule has 2 N–H and O–H groups in total.